The summed E-state index contributed by atoms with van der Waals surface area (Å²) in [6.45, 7) is 1.62. The lowest BCUT2D eigenvalue weighted by atomic mass is 9.82. The Morgan fingerprint density at radius 3 is 2.62 bits per heavy atom. The molecule has 0 aliphatic heterocycles. The number of nitrogens with two attached hydrogens (primary N) is 1. The molecule has 1 saturated carbocycles. The predicted molar refractivity (Wildman–Crippen MR) is 83.3 cm³/mol. The van der Waals surface area contributed by atoms with Gasteiger partial charge < -0.3 is 10.6 Å². The van der Waals surface area contributed by atoms with Crippen LogP contribution in [0.25, 0.3) is 0 Å². The number of halogens is 1. The van der Waals surface area contributed by atoms with Crippen LogP contribution in [0.15, 0.2) is 18.2 Å². The summed E-state index contributed by atoms with van der Waals surface area (Å²) in [7, 11) is 1.89. The number of hydrogen-bond acceptors (Lipinski definition) is 2. The molecule has 1 aromatic carbocycles. The lowest BCUT2D eigenvalue weighted by Crippen LogP contribution is -2.38. The Morgan fingerprint density at radius 1 is 1.33 bits per heavy atom. The molecule has 0 heterocycles. The molecular formula is C17H25FN2O. The van der Waals surface area contributed by atoms with Crippen molar-refractivity contribution < 1.29 is 9.18 Å². The van der Waals surface area contributed by atoms with Crippen molar-refractivity contribution in [3.63, 3.8) is 0 Å². The summed E-state index contributed by atoms with van der Waals surface area (Å²) in [6, 6.07) is 4.98. The Bertz CT molecular complexity index is 496. The van der Waals surface area contributed by atoms with Crippen LogP contribution in [0.1, 0.15) is 44.6 Å². The fraction of sp³-hybridized carbons (Fsp3) is 0.588. The summed E-state index contributed by atoms with van der Waals surface area (Å²) in [4.78, 5) is 13.2. The first kappa shape index (κ1) is 15.8. The number of nitrogens with zero attached hydrogens (tertiary/aromatic N) is 1. The number of carbonyl (C=O) groups is 1. The van der Waals surface area contributed by atoms with Crippen molar-refractivity contribution >= 4 is 11.6 Å². The standard InChI is InChI=1S/C17H25FN2O/c1-12(21)20(2)16-8-4-13(5-9-16)3-6-14-11-15(18)7-10-17(14)19/h7,10-11,13,16H,3-6,8-9,19H2,1-2H3/t13-,16+. The van der Waals surface area contributed by atoms with Crippen molar-refractivity contribution in [2.24, 2.45) is 5.92 Å². The van der Waals surface area contributed by atoms with E-state index < -0.39 is 0 Å². The van der Waals surface area contributed by atoms with Crippen molar-refractivity contribution in [1.82, 2.24) is 4.90 Å². The molecule has 0 aromatic heterocycles. The predicted octanol–water partition coefficient (Wildman–Crippen LogP) is 3.38. The molecule has 4 heteroatoms. The minimum absolute atomic E-state index is 0.144. The van der Waals surface area contributed by atoms with Gasteiger partial charge in [-0.1, -0.05) is 0 Å². The van der Waals surface area contributed by atoms with E-state index >= 15 is 0 Å². The Hall–Kier alpha value is -1.58. The topological polar surface area (TPSA) is 46.3 Å². The van der Waals surface area contributed by atoms with Crippen molar-refractivity contribution in [3.05, 3.63) is 29.6 Å². The molecule has 1 aliphatic carbocycles. The highest BCUT2D eigenvalue weighted by Crippen LogP contribution is 2.31. The number of amides is 1. The second kappa shape index (κ2) is 6.92. The van der Waals surface area contributed by atoms with E-state index in [9.17, 15) is 9.18 Å². The van der Waals surface area contributed by atoms with Gasteiger partial charge >= 0.3 is 0 Å². The smallest absolute Gasteiger partial charge is 0.219 e. The van der Waals surface area contributed by atoms with E-state index in [1.165, 1.54) is 6.07 Å². The van der Waals surface area contributed by atoms with Gasteiger partial charge in [0.15, 0.2) is 0 Å². The first-order valence-corrected chi connectivity index (χ1v) is 7.74. The molecule has 1 aromatic rings. The molecule has 1 fully saturated rings. The summed E-state index contributed by atoms with van der Waals surface area (Å²) >= 11 is 0. The molecule has 1 amide bonds. The van der Waals surface area contributed by atoms with Gasteiger partial charge in [0.2, 0.25) is 5.91 Å². The van der Waals surface area contributed by atoms with Gasteiger partial charge in [0.25, 0.3) is 0 Å². The minimum atomic E-state index is -0.217. The maximum Gasteiger partial charge on any atom is 0.219 e. The molecule has 0 radical (unpaired) electrons. The van der Waals surface area contributed by atoms with Gasteiger partial charge in [-0.15, -0.1) is 0 Å². The maximum atomic E-state index is 13.2. The highest BCUT2D eigenvalue weighted by molar-refractivity contribution is 5.73. The van der Waals surface area contributed by atoms with Crippen LogP contribution < -0.4 is 5.73 Å². The van der Waals surface area contributed by atoms with Crippen molar-refractivity contribution in [1.29, 1.82) is 0 Å². The zero-order chi connectivity index (χ0) is 15.4. The van der Waals surface area contributed by atoms with Gasteiger partial charge in [-0.25, -0.2) is 4.39 Å². The van der Waals surface area contributed by atoms with E-state index in [2.05, 4.69) is 0 Å². The van der Waals surface area contributed by atoms with Crippen LogP contribution >= 0.6 is 0 Å². The zero-order valence-electron chi connectivity index (χ0n) is 12.9. The molecule has 0 bridgehead atoms. The van der Waals surface area contributed by atoms with E-state index in [1.807, 2.05) is 11.9 Å². The molecule has 116 valence electrons. The van der Waals surface area contributed by atoms with Crippen LogP contribution in [0.5, 0.6) is 0 Å². The van der Waals surface area contributed by atoms with Crippen molar-refractivity contribution in [3.8, 4) is 0 Å². The van der Waals surface area contributed by atoms with Crippen molar-refractivity contribution in [2.75, 3.05) is 12.8 Å². The van der Waals surface area contributed by atoms with Crippen LogP contribution in [-0.4, -0.2) is 23.9 Å². The molecule has 0 atom stereocenters. The molecule has 1 aliphatic rings. The average molecular weight is 292 g/mol. The summed E-state index contributed by atoms with van der Waals surface area (Å²) in [5.74, 6) is 0.584. The van der Waals surface area contributed by atoms with Crippen LogP contribution in [0, 0.1) is 11.7 Å². The van der Waals surface area contributed by atoms with Gasteiger partial charge in [0.1, 0.15) is 5.82 Å². The fourth-order valence-corrected chi connectivity index (χ4v) is 3.23. The summed E-state index contributed by atoms with van der Waals surface area (Å²) in [5, 5.41) is 0. The monoisotopic (exact) mass is 292 g/mol. The molecule has 2 N–H and O–H groups in total. The molecule has 3 nitrogen and oxygen atoms in total. The van der Waals surface area contributed by atoms with Gasteiger partial charge in [-0.2, -0.15) is 0 Å². The third-order valence-corrected chi connectivity index (χ3v) is 4.79. The Morgan fingerprint density at radius 2 is 2.00 bits per heavy atom. The molecule has 0 unspecified atom stereocenters. The first-order valence-electron chi connectivity index (χ1n) is 7.74. The number of anilines is 1. The first-order chi connectivity index (χ1) is 9.97. The molecule has 2 rings (SSSR count). The van der Waals surface area contributed by atoms with E-state index in [0.717, 1.165) is 44.1 Å². The third kappa shape index (κ3) is 4.19. The third-order valence-electron chi connectivity index (χ3n) is 4.79. The highest BCUT2D eigenvalue weighted by Gasteiger charge is 2.25. The van der Waals surface area contributed by atoms with Crippen molar-refractivity contribution in [2.45, 2.75) is 51.5 Å². The lowest BCUT2D eigenvalue weighted by molar-refractivity contribution is -0.130. The van der Waals surface area contributed by atoms with Crippen LogP contribution in [0.2, 0.25) is 0 Å². The Kier molecular flexibility index (Phi) is 5.21. The summed E-state index contributed by atoms with van der Waals surface area (Å²) in [6.07, 6.45) is 6.29. The number of aryl methyl sites for hydroxylation is 1. The number of rotatable bonds is 4. The Labute approximate surface area is 126 Å². The van der Waals surface area contributed by atoms with Crippen LogP contribution in [0.3, 0.4) is 0 Å². The average Bonchev–Trinajstić information content (AvgIpc) is 2.48. The largest absolute Gasteiger partial charge is 0.399 e. The summed E-state index contributed by atoms with van der Waals surface area (Å²) < 4.78 is 13.2. The fourth-order valence-electron chi connectivity index (χ4n) is 3.23. The quantitative estimate of drug-likeness (QED) is 0.865. The number of benzene rings is 1. The van der Waals surface area contributed by atoms with Gasteiger partial charge in [-0.3, -0.25) is 4.79 Å². The van der Waals surface area contributed by atoms with Gasteiger partial charge in [0.05, 0.1) is 0 Å². The lowest BCUT2D eigenvalue weighted by Gasteiger charge is -2.34. The number of hydrogen-bond donors (Lipinski definition) is 1. The maximum absolute atomic E-state index is 13.2. The normalized spacial score (nSPS) is 22.0. The Balaban J connectivity index is 1.81. The SMILES string of the molecule is CC(=O)N(C)[C@H]1CC[C@@H](CCc2cc(F)ccc2N)CC1. The zero-order valence-corrected chi connectivity index (χ0v) is 12.9. The van der Waals surface area contributed by atoms with Crippen LogP contribution in [-0.2, 0) is 11.2 Å². The molecule has 21 heavy (non-hydrogen) atoms. The van der Waals surface area contributed by atoms with Gasteiger partial charge in [-0.05, 0) is 68.2 Å². The minimum Gasteiger partial charge on any atom is -0.399 e. The van der Waals surface area contributed by atoms with E-state index in [1.54, 1.807) is 19.1 Å². The second-order valence-corrected chi connectivity index (χ2v) is 6.19. The number of nitrogen functional groups attached to an aromatic ring is 1. The molecule has 0 saturated heterocycles. The van der Waals surface area contributed by atoms with E-state index in [4.69, 9.17) is 5.73 Å². The molecular weight excluding hydrogens is 267 g/mol. The second-order valence-electron chi connectivity index (χ2n) is 6.19. The van der Waals surface area contributed by atoms with Gasteiger partial charge in [0, 0.05) is 25.7 Å². The van der Waals surface area contributed by atoms with Crippen LogP contribution in [0.4, 0.5) is 10.1 Å². The summed E-state index contributed by atoms with van der Waals surface area (Å²) in [5.41, 5.74) is 7.49. The molecule has 0 spiro atoms. The number of carbonyl (C=O) groups excluding carboxylic acids is 1. The van der Waals surface area contributed by atoms with E-state index in [-0.39, 0.29) is 11.7 Å². The van der Waals surface area contributed by atoms with E-state index in [0.29, 0.717) is 17.6 Å². The highest BCUT2D eigenvalue weighted by atomic mass is 19.1.